The zero-order chi connectivity index (χ0) is 11.8. The van der Waals surface area contributed by atoms with Crippen LogP contribution >= 0.6 is 0 Å². The van der Waals surface area contributed by atoms with Crippen LogP contribution in [-0.4, -0.2) is 16.1 Å². The van der Waals surface area contributed by atoms with Crippen molar-refractivity contribution < 1.29 is 0 Å². The second-order valence-corrected chi connectivity index (χ2v) is 4.47. The Balaban J connectivity index is 2.49. The average molecular weight is 223 g/mol. The Labute approximate surface area is 99.3 Å². The molecule has 1 rings (SSSR count). The molecule has 0 aromatic carbocycles. The smallest absolute Gasteiger partial charge is 0.0947 e. The van der Waals surface area contributed by atoms with Crippen LogP contribution in [0.3, 0.4) is 0 Å². The van der Waals surface area contributed by atoms with Gasteiger partial charge in [0.05, 0.1) is 18.1 Å². The number of aryl methyl sites for hydroxylation is 1. The van der Waals surface area contributed by atoms with Crippen LogP contribution in [0.2, 0.25) is 0 Å². The van der Waals surface area contributed by atoms with Gasteiger partial charge < -0.3 is 9.88 Å². The van der Waals surface area contributed by atoms with Crippen LogP contribution in [0.4, 0.5) is 0 Å². The van der Waals surface area contributed by atoms with Crippen molar-refractivity contribution in [3.05, 3.63) is 18.2 Å². The molecular weight excluding hydrogens is 198 g/mol. The monoisotopic (exact) mass is 223 g/mol. The Morgan fingerprint density at radius 3 is 2.69 bits per heavy atom. The Morgan fingerprint density at radius 1 is 1.31 bits per heavy atom. The molecule has 3 heteroatoms. The van der Waals surface area contributed by atoms with Gasteiger partial charge in [0.15, 0.2) is 0 Å². The van der Waals surface area contributed by atoms with E-state index >= 15 is 0 Å². The molecule has 92 valence electrons. The summed E-state index contributed by atoms with van der Waals surface area (Å²) < 4.78 is 2.02. The van der Waals surface area contributed by atoms with E-state index in [9.17, 15) is 0 Å². The van der Waals surface area contributed by atoms with Gasteiger partial charge in [-0.25, -0.2) is 4.98 Å². The quantitative estimate of drug-likeness (QED) is 0.686. The predicted molar refractivity (Wildman–Crippen MR) is 68.4 cm³/mol. The number of hydrogen-bond acceptors (Lipinski definition) is 2. The molecule has 0 aliphatic rings. The molecule has 0 bridgehead atoms. The van der Waals surface area contributed by atoms with E-state index in [2.05, 4.69) is 30.3 Å². The predicted octanol–water partition coefficient (Wildman–Crippen LogP) is 3.04. The first-order valence-electron chi connectivity index (χ1n) is 6.49. The lowest BCUT2D eigenvalue weighted by Gasteiger charge is -2.16. The number of nitrogens with one attached hydrogen (secondary N) is 1. The summed E-state index contributed by atoms with van der Waals surface area (Å²) in [6.45, 7) is 5.52. The van der Waals surface area contributed by atoms with Gasteiger partial charge in [0.25, 0.3) is 0 Å². The fraction of sp³-hybridized carbons (Fsp3) is 0.769. The van der Waals surface area contributed by atoms with Gasteiger partial charge in [-0.2, -0.15) is 0 Å². The fourth-order valence-electron chi connectivity index (χ4n) is 1.88. The van der Waals surface area contributed by atoms with Crippen molar-refractivity contribution in [1.29, 1.82) is 0 Å². The van der Waals surface area contributed by atoms with Crippen LogP contribution in [0.15, 0.2) is 12.5 Å². The summed E-state index contributed by atoms with van der Waals surface area (Å²) in [6.07, 6.45) is 10.3. The van der Waals surface area contributed by atoms with E-state index in [1.807, 2.05) is 17.9 Å². The maximum Gasteiger partial charge on any atom is 0.0947 e. The average Bonchev–Trinajstić information content (AvgIpc) is 2.70. The van der Waals surface area contributed by atoms with Crippen LogP contribution in [0, 0.1) is 0 Å². The van der Waals surface area contributed by atoms with Crippen LogP contribution in [-0.2, 0) is 7.05 Å². The van der Waals surface area contributed by atoms with Crippen molar-refractivity contribution in [2.45, 2.75) is 52.0 Å². The lowest BCUT2D eigenvalue weighted by molar-refractivity contribution is 0.466. The maximum atomic E-state index is 4.45. The maximum absolute atomic E-state index is 4.45. The number of imidazole rings is 1. The van der Waals surface area contributed by atoms with Gasteiger partial charge >= 0.3 is 0 Å². The van der Waals surface area contributed by atoms with Crippen LogP contribution in [0.1, 0.15) is 57.7 Å². The first kappa shape index (κ1) is 13.2. The summed E-state index contributed by atoms with van der Waals surface area (Å²) in [7, 11) is 2.03. The fourth-order valence-corrected chi connectivity index (χ4v) is 1.88. The lowest BCUT2D eigenvalue weighted by Crippen LogP contribution is -2.22. The molecule has 1 N–H and O–H groups in total. The van der Waals surface area contributed by atoms with E-state index in [0.29, 0.717) is 6.04 Å². The molecule has 0 saturated carbocycles. The van der Waals surface area contributed by atoms with Crippen molar-refractivity contribution in [2.75, 3.05) is 6.54 Å². The summed E-state index contributed by atoms with van der Waals surface area (Å²) >= 11 is 0. The Morgan fingerprint density at radius 2 is 2.12 bits per heavy atom. The van der Waals surface area contributed by atoms with Gasteiger partial charge in [0.2, 0.25) is 0 Å². The number of nitrogens with zero attached hydrogens (tertiary/aromatic N) is 2. The molecule has 1 atom stereocenters. The molecule has 1 heterocycles. The molecule has 1 aromatic rings. The molecule has 0 spiro atoms. The molecule has 1 unspecified atom stereocenters. The summed E-state index contributed by atoms with van der Waals surface area (Å²) in [5.74, 6) is 0. The topological polar surface area (TPSA) is 29.9 Å². The van der Waals surface area contributed by atoms with Gasteiger partial charge in [0, 0.05) is 13.2 Å². The minimum absolute atomic E-state index is 0.438. The Bertz CT molecular complexity index is 280. The van der Waals surface area contributed by atoms with Gasteiger partial charge in [-0.1, -0.05) is 33.1 Å². The first-order valence-corrected chi connectivity index (χ1v) is 6.49. The van der Waals surface area contributed by atoms with Gasteiger partial charge in [-0.05, 0) is 19.4 Å². The molecule has 16 heavy (non-hydrogen) atoms. The highest BCUT2D eigenvalue weighted by molar-refractivity contribution is 5.03. The third-order valence-corrected chi connectivity index (χ3v) is 2.82. The zero-order valence-electron chi connectivity index (χ0n) is 10.9. The number of hydrogen-bond donors (Lipinski definition) is 1. The van der Waals surface area contributed by atoms with Crippen molar-refractivity contribution in [3.63, 3.8) is 0 Å². The molecular formula is C13H25N3. The van der Waals surface area contributed by atoms with Crippen molar-refractivity contribution in [1.82, 2.24) is 14.9 Å². The Kier molecular flexibility index (Phi) is 6.16. The minimum Gasteiger partial charge on any atom is -0.340 e. The molecule has 0 fully saturated rings. The number of unbranched alkanes of at least 4 members (excludes halogenated alkanes) is 2. The molecule has 0 aliphatic heterocycles. The van der Waals surface area contributed by atoms with Crippen LogP contribution in [0.5, 0.6) is 0 Å². The van der Waals surface area contributed by atoms with E-state index in [0.717, 1.165) is 6.54 Å². The van der Waals surface area contributed by atoms with Crippen molar-refractivity contribution in [3.8, 4) is 0 Å². The molecule has 1 aromatic heterocycles. The summed E-state index contributed by atoms with van der Waals surface area (Å²) in [6, 6.07) is 0.438. The summed E-state index contributed by atoms with van der Waals surface area (Å²) in [5, 5.41) is 3.58. The van der Waals surface area contributed by atoms with Crippen molar-refractivity contribution >= 4 is 0 Å². The van der Waals surface area contributed by atoms with E-state index in [-0.39, 0.29) is 0 Å². The molecule has 0 saturated heterocycles. The Hall–Kier alpha value is -0.830. The number of rotatable bonds is 8. The van der Waals surface area contributed by atoms with Gasteiger partial charge in [0.1, 0.15) is 0 Å². The third kappa shape index (κ3) is 4.35. The molecule has 3 nitrogen and oxygen atoms in total. The lowest BCUT2D eigenvalue weighted by atomic mass is 10.1. The third-order valence-electron chi connectivity index (χ3n) is 2.82. The highest BCUT2D eigenvalue weighted by atomic mass is 15.0. The standard InChI is InChI=1S/C13H25N3/c1-4-6-7-8-12(14-9-5-2)13-10-16(3)11-15-13/h10-12,14H,4-9H2,1-3H3. The van der Waals surface area contributed by atoms with Crippen molar-refractivity contribution in [2.24, 2.45) is 7.05 Å². The van der Waals surface area contributed by atoms with Gasteiger partial charge in [-0.3, -0.25) is 0 Å². The molecule has 0 radical (unpaired) electrons. The van der Waals surface area contributed by atoms with Gasteiger partial charge in [-0.15, -0.1) is 0 Å². The minimum atomic E-state index is 0.438. The van der Waals surface area contributed by atoms with E-state index in [1.165, 1.54) is 37.8 Å². The van der Waals surface area contributed by atoms with E-state index in [4.69, 9.17) is 0 Å². The summed E-state index contributed by atoms with van der Waals surface area (Å²) in [5.41, 5.74) is 1.19. The largest absolute Gasteiger partial charge is 0.340 e. The van der Waals surface area contributed by atoms with E-state index < -0.39 is 0 Å². The highest BCUT2D eigenvalue weighted by Gasteiger charge is 2.12. The number of aromatic nitrogens is 2. The highest BCUT2D eigenvalue weighted by Crippen LogP contribution is 2.17. The first-order chi connectivity index (χ1) is 7.77. The second kappa shape index (κ2) is 7.44. The SMILES string of the molecule is CCCCCC(NCCC)c1cn(C)cn1. The molecule has 0 aliphatic carbocycles. The van der Waals surface area contributed by atoms with Crippen LogP contribution in [0.25, 0.3) is 0 Å². The molecule has 0 amide bonds. The normalized spacial score (nSPS) is 12.9. The van der Waals surface area contributed by atoms with E-state index in [1.54, 1.807) is 0 Å². The van der Waals surface area contributed by atoms with Crippen LogP contribution < -0.4 is 5.32 Å². The second-order valence-electron chi connectivity index (χ2n) is 4.47. The summed E-state index contributed by atoms with van der Waals surface area (Å²) in [4.78, 5) is 4.45. The zero-order valence-corrected chi connectivity index (χ0v) is 10.9.